The Hall–Kier alpha value is -3.17. The summed E-state index contributed by atoms with van der Waals surface area (Å²) in [6.45, 7) is 18.3. The fraction of sp³-hybridized carbons (Fsp3) is 0.812. The number of allylic oxidation sites excluding steroid dienone is 2. The second-order valence-electron chi connectivity index (χ2n) is 22.3. The summed E-state index contributed by atoms with van der Waals surface area (Å²) in [6.07, 6.45) is 14.6. The molecule has 4 N–H and O–H groups in total. The number of esters is 1. The van der Waals surface area contributed by atoms with Crippen molar-refractivity contribution >= 4 is 5.97 Å². The summed E-state index contributed by atoms with van der Waals surface area (Å²) in [5.41, 5.74) is 0.907. The Balaban J connectivity index is 0.806. The van der Waals surface area contributed by atoms with Gasteiger partial charge in [-0.2, -0.15) is 0 Å². The highest BCUT2D eigenvalue weighted by Crippen LogP contribution is 2.75. The molecule has 0 spiro atoms. The summed E-state index contributed by atoms with van der Waals surface area (Å²) < 4.78 is 20.5. The van der Waals surface area contributed by atoms with E-state index in [2.05, 4.69) is 69.8 Å². The minimum absolute atomic E-state index is 0.0264. The number of hydrogen-bond acceptors (Lipinski definition) is 11. The number of aliphatic hydroxyl groups is 3. The first-order chi connectivity index (χ1) is 29.3. The Morgan fingerprint density at radius 2 is 1.68 bits per heavy atom. The minimum atomic E-state index is -1.38. The molecule has 8 rings (SSSR count). The van der Waals surface area contributed by atoms with Gasteiger partial charge in [0.2, 0.25) is 0 Å². The van der Waals surface area contributed by atoms with Gasteiger partial charge in [0.15, 0.2) is 6.23 Å². The maximum Gasteiger partial charge on any atom is 0.330 e. The van der Waals surface area contributed by atoms with E-state index < -0.39 is 41.2 Å². The Morgan fingerprint density at radius 3 is 2.45 bits per heavy atom. The fourth-order valence-electron chi connectivity index (χ4n) is 14.2. The van der Waals surface area contributed by atoms with E-state index in [-0.39, 0.29) is 58.3 Å². The van der Waals surface area contributed by atoms with Crippen LogP contribution >= 0.6 is 0 Å². The number of nitrogens with zero attached hydrogens (tertiary/aromatic N) is 4. The maximum atomic E-state index is 14.4. The van der Waals surface area contributed by atoms with Gasteiger partial charge in [0, 0.05) is 18.8 Å². The summed E-state index contributed by atoms with van der Waals surface area (Å²) in [4.78, 5) is 40.1. The van der Waals surface area contributed by atoms with Gasteiger partial charge < -0.3 is 29.5 Å². The molecule has 5 aliphatic carbocycles. The number of H-pyrrole nitrogens is 1. The number of rotatable bonds is 13. The smallest absolute Gasteiger partial charge is 0.330 e. The third-order valence-electron chi connectivity index (χ3n) is 18.1. The molecule has 62 heavy (non-hydrogen) atoms. The van der Waals surface area contributed by atoms with Crippen molar-refractivity contribution in [2.75, 3.05) is 13.2 Å². The number of carbonyl (C=O) groups is 1. The summed E-state index contributed by atoms with van der Waals surface area (Å²) in [5.74, 6) is 1.33. The zero-order valence-corrected chi connectivity index (χ0v) is 38.2. The van der Waals surface area contributed by atoms with Crippen molar-refractivity contribution in [2.45, 2.75) is 182 Å². The van der Waals surface area contributed by atoms with Gasteiger partial charge in [-0.15, -0.1) is 5.10 Å². The third-order valence-corrected chi connectivity index (χ3v) is 18.1. The van der Waals surface area contributed by atoms with Crippen LogP contribution in [-0.4, -0.2) is 83.5 Å². The molecule has 2 aromatic rings. The first-order valence-corrected chi connectivity index (χ1v) is 23.6. The molecule has 5 fully saturated rings. The average Bonchev–Trinajstić information content (AvgIpc) is 3.78. The molecule has 14 nitrogen and oxygen atoms in total. The summed E-state index contributed by atoms with van der Waals surface area (Å²) >= 11 is 0. The second kappa shape index (κ2) is 16.7. The molecular formula is C48H73N5O9. The van der Waals surface area contributed by atoms with E-state index in [1.807, 2.05) is 6.20 Å². The Morgan fingerprint density at radius 1 is 0.919 bits per heavy atom. The fourth-order valence-corrected chi connectivity index (χ4v) is 14.2. The Bertz CT molecular complexity index is 2110. The average molecular weight is 864 g/mol. The zero-order chi connectivity index (χ0) is 44.5. The van der Waals surface area contributed by atoms with Crippen LogP contribution in [0.1, 0.15) is 150 Å². The molecule has 1 aliphatic heterocycles. The third kappa shape index (κ3) is 7.68. The highest BCUT2D eigenvalue weighted by molar-refractivity contribution is 5.78. The van der Waals surface area contributed by atoms with Crippen molar-refractivity contribution in [2.24, 2.45) is 50.2 Å². The van der Waals surface area contributed by atoms with E-state index in [9.17, 15) is 29.7 Å². The summed E-state index contributed by atoms with van der Waals surface area (Å²) in [5, 5.41) is 40.5. The number of aryl methyl sites for hydroxylation is 1. The van der Waals surface area contributed by atoms with Crippen LogP contribution in [0.25, 0.3) is 0 Å². The lowest BCUT2D eigenvalue weighted by Gasteiger charge is -2.71. The van der Waals surface area contributed by atoms with Crippen LogP contribution in [0.15, 0.2) is 39.7 Å². The van der Waals surface area contributed by atoms with Crippen molar-refractivity contribution < 1.29 is 34.3 Å². The van der Waals surface area contributed by atoms with Gasteiger partial charge in [-0.25, -0.2) is 4.79 Å². The maximum absolute atomic E-state index is 14.4. The Labute approximate surface area is 366 Å². The number of carbonyl (C=O) groups excluding carboxylic acids is 1. The predicted octanol–water partition coefficient (Wildman–Crippen LogP) is 6.23. The highest BCUT2D eigenvalue weighted by atomic mass is 16.6. The van der Waals surface area contributed by atoms with Crippen LogP contribution in [0.3, 0.4) is 0 Å². The molecule has 14 heteroatoms. The summed E-state index contributed by atoms with van der Waals surface area (Å²) in [6, 6.07) is 1.14. The lowest BCUT2D eigenvalue weighted by Crippen LogP contribution is -2.65. The zero-order valence-electron chi connectivity index (χ0n) is 38.2. The minimum Gasteiger partial charge on any atom is -0.465 e. The second-order valence-corrected chi connectivity index (χ2v) is 22.3. The largest absolute Gasteiger partial charge is 0.465 e. The highest BCUT2D eigenvalue weighted by Gasteiger charge is 2.69. The van der Waals surface area contributed by atoms with Crippen LogP contribution < -0.4 is 11.2 Å². The van der Waals surface area contributed by atoms with Crippen LogP contribution in [0.2, 0.25) is 0 Å². The topological polar surface area (TPSA) is 191 Å². The predicted molar refractivity (Wildman–Crippen MR) is 231 cm³/mol. The van der Waals surface area contributed by atoms with Gasteiger partial charge in [-0.05, 0) is 128 Å². The first-order valence-electron chi connectivity index (χ1n) is 23.6. The van der Waals surface area contributed by atoms with Gasteiger partial charge in [0.1, 0.15) is 24.0 Å². The quantitative estimate of drug-likeness (QED) is 0.101. The lowest BCUT2D eigenvalue weighted by atomic mass is 9.33. The lowest BCUT2D eigenvalue weighted by molar-refractivity contribution is -0.206. The van der Waals surface area contributed by atoms with E-state index in [0.29, 0.717) is 30.7 Å². The van der Waals surface area contributed by atoms with E-state index in [0.717, 1.165) is 87.7 Å². The van der Waals surface area contributed by atoms with Crippen molar-refractivity contribution in [3.05, 3.63) is 56.6 Å². The number of nitrogens with one attached hydrogen (secondary N) is 1. The van der Waals surface area contributed by atoms with Crippen molar-refractivity contribution in [1.82, 2.24) is 24.5 Å². The number of aliphatic hydroxyl groups excluding tert-OH is 3. The number of unbranched alkanes of at least 4 members (excludes halogenated alkanes) is 3. The molecule has 1 saturated heterocycles. The van der Waals surface area contributed by atoms with Crippen molar-refractivity contribution in [3.8, 4) is 0 Å². The Kier molecular flexibility index (Phi) is 12.2. The van der Waals surface area contributed by atoms with E-state index >= 15 is 0 Å². The molecule has 0 aromatic carbocycles. The van der Waals surface area contributed by atoms with Gasteiger partial charge in [0.25, 0.3) is 5.56 Å². The number of hydrogen-bond donors (Lipinski definition) is 4. The molecule has 0 unspecified atom stereocenters. The molecule has 6 aliphatic rings. The summed E-state index contributed by atoms with van der Waals surface area (Å²) in [7, 11) is 0. The number of aromatic amines is 1. The molecule has 4 saturated carbocycles. The SMILES string of the molecule is CC1(C)CC[C@]2(C(=O)OCCCCCCn3cc(COC[C@H]4O[C@@H](n5ccc(=O)[nH]c5=O)[C@H](O)[C@@H]4O)nn3)CC[C@]3(C)C(=CC[C@@H]4[C@@]5(C)CC[C@H](O)C(C)(C)[C@@H]5CC[C@]43C)[C@@H]2C1. The van der Waals surface area contributed by atoms with E-state index in [4.69, 9.17) is 14.2 Å². The van der Waals surface area contributed by atoms with Crippen molar-refractivity contribution in [3.63, 3.8) is 0 Å². The standard InChI is InChI=1S/C48H73N5O9/c1-43(2)19-21-48(22-20-46(6)31(32(48)26-43)12-13-35-45(5)17-15-36(54)44(3,4)34(45)14-18-47(35,46)7)41(58)61-25-11-9-8-10-23-52-27-30(50-51-52)28-60-29-33-38(56)39(57)40(62-33)53-24-16-37(55)49-42(53)59/h12,16,24,27,32-36,38-40,54,56-57H,8-11,13-15,17-23,25-26,28-29H2,1-7H3,(H,49,55,59)/t32-,33+,34-,35+,36-,38+,39+,40+,45-,46+,47+,48-/m0/s1. The molecule has 344 valence electrons. The van der Waals surface area contributed by atoms with E-state index in [1.165, 1.54) is 19.0 Å². The monoisotopic (exact) mass is 864 g/mol. The molecule has 0 amide bonds. The molecule has 0 radical (unpaired) electrons. The molecular weight excluding hydrogens is 791 g/mol. The van der Waals surface area contributed by atoms with Crippen LogP contribution in [-0.2, 0) is 32.2 Å². The van der Waals surface area contributed by atoms with Gasteiger partial charge in [-0.1, -0.05) is 71.7 Å². The first kappa shape index (κ1) is 45.4. The van der Waals surface area contributed by atoms with Gasteiger partial charge in [-0.3, -0.25) is 23.8 Å². The van der Waals surface area contributed by atoms with Crippen molar-refractivity contribution in [1.29, 1.82) is 0 Å². The van der Waals surface area contributed by atoms with Crippen LogP contribution in [0, 0.1) is 50.2 Å². The van der Waals surface area contributed by atoms with Gasteiger partial charge >= 0.3 is 11.7 Å². The normalized spacial score (nSPS) is 39.5. The molecule has 3 heterocycles. The van der Waals surface area contributed by atoms with E-state index in [1.54, 1.807) is 10.3 Å². The number of aromatic nitrogens is 5. The molecule has 0 bridgehead atoms. The number of ether oxygens (including phenoxy) is 3. The van der Waals surface area contributed by atoms with Crippen LogP contribution in [0.5, 0.6) is 0 Å². The van der Waals surface area contributed by atoms with Gasteiger partial charge in [0.05, 0.1) is 37.5 Å². The van der Waals surface area contributed by atoms with Crippen LogP contribution in [0.4, 0.5) is 0 Å². The molecule has 2 aromatic heterocycles. The molecule has 12 atom stereocenters. The number of fused-ring (bicyclic) bond motifs is 7.